The second-order valence-electron chi connectivity index (χ2n) is 6.14. The Morgan fingerprint density at radius 3 is 2.37 bits per heavy atom. The van der Waals surface area contributed by atoms with E-state index in [1.807, 2.05) is 6.26 Å². The van der Waals surface area contributed by atoms with Crippen molar-refractivity contribution in [1.29, 1.82) is 0 Å². The molecule has 7 nitrogen and oxygen atoms in total. The zero-order valence-corrected chi connectivity index (χ0v) is 18.6. The molecule has 0 saturated heterocycles. The molecule has 30 heavy (non-hydrogen) atoms. The summed E-state index contributed by atoms with van der Waals surface area (Å²) < 4.78 is 10.6. The Hall–Kier alpha value is -2.65. The van der Waals surface area contributed by atoms with Gasteiger partial charge in [-0.1, -0.05) is 18.2 Å². The molecule has 160 valence electrons. The highest BCUT2D eigenvalue weighted by molar-refractivity contribution is 8.14. The number of benzene rings is 2. The average molecular weight is 449 g/mol. The van der Waals surface area contributed by atoms with Crippen LogP contribution in [0.4, 0.5) is 0 Å². The van der Waals surface area contributed by atoms with Gasteiger partial charge in [-0.2, -0.15) is 11.8 Å². The number of thioether (sulfide) groups is 2. The van der Waals surface area contributed by atoms with Gasteiger partial charge in [0.1, 0.15) is 6.04 Å². The minimum Gasteiger partial charge on any atom is -0.493 e. The first kappa shape index (κ1) is 23.6. The van der Waals surface area contributed by atoms with Crippen molar-refractivity contribution < 1.29 is 23.9 Å². The monoisotopic (exact) mass is 448 g/mol. The van der Waals surface area contributed by atoms with E-state index in [4.69, 9.17) is 15.2 Å². The zero-order chi connectivity index (χ0) is 22.1. The molecule has 0 fully saturated rings. The van der Waals surface area contributed by atoms with E-state index in [0.717, 1.165) is 11.8 Å². The molecule has 0 aliphatic heterocycles. The molecule has 0 unspecified atom stereocenters. The van der Waals surface area contributed by atoms with Gasteiger partial charge < -0.3 is 20.5 Å². The summed E-state index contributed by atoms with van der Waals surface area (Å²) in [5.74, 6) is 0.379. The van der Waals surface area contributed by atoms with Gasteiger partial charge in [0.25, 0.3) is 5.91 Å². The SMILES string of the molecule is COc1cccc(C(=O)Sc2ccccc2C(=O)N[C@@H](CCSC)C(N)=O)c1OC. The van der Waals surface area contributed by atoms with Crippen molar-refractivity contribution in [2.24, 2.45) is 5.73 Å². The number of methoxy groups -OCH3 is 2. The third-order valence-corrected chi connectivity index (χ3v) is 5.84. The third kappa shape index (κ3) is 5.93. The summed E-state index contributed by atoms with van der Waals surface area (Å²) in [6.45, 7) is 0. The summed E-state index contributed by atoms with van der Waals surface area (Å²) in [6, 6.07) is 10.9. The maximum Gasteiger partial charge on any atom is 0.253 e. The number of carbonyl (C=O) groups excluding carboxylic acids is 3. The molecule has 0 aliphatic carbocycles. The van der Waals surface area contributed by atoms with Crippen molar-refractivity contribution in [3.8, 4) is 11.5 Å². The fourth-order valence-corrected chi connectivity index (χ4v) is 4.06. The minimum absolute atomic E-state index is 0.285. The molecule has 0 aliphatic rings. The Morgan fingerprint density at radius 1 is 1.03 bits per heavy atom. The molecule has 2 aromatic carbocycles. The Morgan fingerprint density at radius 2 is 1.73 bits per heavy atom. The maximum atomic E-state index is 12.9. The van der Waals surface area contributed by atoms with Crippen LogP contribution in [0, 0.1) is 0 Å². The second kappa shape index (κ2) is 11.5. The van der Waals surface area contributed by atoms with E-state index in [2.05, 4.69) is 5.32 Å². The quantitative estimate of drug-likeness (QED) is 0.538. The first-order valence-corrected chi connectivity index (χ1v) is 11.2. The summed E-state index contributed by atoms with van der Waals surface area (Å²) in [4.78, 5) is 37.8. The van der Waals surface area contributed by atoms with Gasteiger partial charge in [0, 0.05) is 4.90 Å². The first-order valence-electron chi connectivity index (χ1n) is 9.04. The number of hydrogen-bond donors (Lipinski definition) is 2. The van der Waals surface area contributed by atoms with Crippen LogP contribution in [0.3, 0.4) is 0 Å². The Labute approximate surface area is 184 Å². The van der Waals surface area contributed by atoms with Crippen LogP contribution in [0.25, 0.3) is 0 Å². The van der Waals surface area contributed by atoms with Gasteiger partial charge in [-0.05, 0) is 54.5 Å². The predicted octanol–water partition coefficient (Wildman–Crippen LogP) is 2.97. The van der Waals surface area contributed by atoms with E-state index in [9.17, 15) is 14.4 Å². The molecule has 2 rings (SSSR count). The van der Waals surface area contributed by atoms with Crippen molar-refractivity contribution >= 4 is 40.5 Å². The number of ether oxygens (including phenoxy) is 2. The highest BCUT2D eigenvalue weighted by atomic mass is 32.2. The number of amides is 2. The number of rotatable bonds is 10. The Kier molecular flexibility index (Phi) is 9.07. The number of nitrogens with two attached hydrogens (primary N) is 1. The zero-order valence-electron chi connectivity index (χ0n) is 17.0. The largest absolute Gasteiger partial charge is 0.493 e. The molecule has 3 N–H and O–H groups in total. The van der Waals surface area contributed by atoms with Gasteiger partial charge in [-0.15, -0.1) is 0 Å². The van der Waals surface area contributed by atoms with Gasteiger partial charge in [-0.3, -0.25) is 14.4 Å². The van der Waals surface area contributed by atoms with Crippen LogP contribution in [0.1, 0.15) is 27.1 Å². The standard InChI is InChI=1S/C21H24N2O5S2/c1-27-16-9-6-8-14(18(16)28-2)21(26)30-17-10-5-4-7-13(17)20(25)23-15(19(22)24)11-12-29-3/h4-10,15H,11-12H2,1-3H3,(H2,22,24)(H,23,25)/t15-/m0/s1. The number of primary amides is 1. The molecule has 0 spiro atoms. The van der Waals surface area contributed by atoms with Crippen molar-refractivity contribution in [3.63, 3.8) is 0 Å². The summed E-state index contributed by atoms with van der Waals surface area (Å²) in [5, 5.41) is 2.36. The van der Waals surface area contributed by atoms with Crippen molar-refractivity contribution in [3.05, 3.63) is 53.6 Å². The molecule has 0 heterocycles. The van der Waals surface area contributed by atoms with E-state index in [1.54, 1.807) is 54.2 Å². The summed E-state index contributed by atoms with van der Waals surface area (Å²) in [7, 11) is 2.95. The average Bonchev–Trinajstić information content (AvgIpc) is 2.75. The predicted molar refractivity (Wildman–Crippen MR) is 120 cm³/mol. The van der Waals surface area contributed by atoms with Crippen LogP contribution in [-0.4, -0.2) is 49.2 Å². The summed E-state index contributed by atoms with van der Waals surface area (Å²) >= 11 is 2.45. The normalized spacial score (nSPS) is 11.4. The second-order valence-corrected chi connectivity index (χ2v) is 8.14. The van der Waals surface area contributed by atoms with Crippen LogP contribution in [-0.2, 0) is 4.79 Å². The highest BCUT2D eigenvalue weighted by Gasteiger charge is 2.23. The fourth-order valence-electron chi connectivity index (χ4n) is 2.70. The van der Waals surface area contributed by atoms with Crippen LogP contribution in [0.5, 0.6) is 11.5 Å². The molecule has 0 aromatic heterocycles. The smallest absolute Gasteiger partial charge is 0.253 e. The van der Waals surface area contributed by atoms with E-state index in [1.165, 1.54) is 14.2 Å². The fraction of sp³-hybridized carbons (Fsp3) is 0.286. The lowest BCUT2D eigenvalue weighted by Crippen LogP contribution is -2.44. The number of nitrogens with one attached hydrogen (secondary N) is 1. The van der Waals surface area contributed by atoms with E-state index < -0.39 is 17.9 Å². The van der Waals surface area contributed by atoms with Crippen LogP contribution in [0.2, 0.25) is 0 Å². The molecule has 2 amide bonds. The van der Waals surface area contributed by atoms with Gasteiger partial charge in [0.2, 0.25) is 11.0 Å². The lowest BCUT2D eigenvalue weighted by atomic mass is 10.1. The molecular weight excluding hydrogens is 424 g/mol. The van der Waals surface area contributed by atoms with Crippen LogP contribution in [0.15, 0.2) is 47.4 Å². The van der Waals surface area contributed by atoms with Gasteiger partial charge in [0.15, 0.2) is 11.5 Å². The Bertz CT molecular complexity index is 920. The lowest BCUT2D eigenvalue weighted by Gasteiger charge is -2.16. The molecule has 0 saturated carbocycles. The molecule has 9 heteroatoms. The molecule has 1 atom stereocenters. The molecular formula is C21H24N2O5S2. The van der Waals surface area contributed by atoms with Crippen LogP contribution < -0.4 is 20.5 Å². The molecule has 2 aromatic rings. The van der Waals surface area contributed by atoms with Crippen molar-refractivity contribution in [2.75, 3.05) is 26.2 Å². The molecule has 0 radical (unpaired) electrons. The lowest BCUT2D eigenvalue weighted by molar-refractivity contribution is -0.119. The number of para-hydroxylation sites is 1. The summed E-state index contributed by atoms with van der Waals surface area (Å²) in [6.07, 6.45) is 2.34. The number of carbonyl (C=O) groups is 3. The third-order valence-electron chi connectivity index (χ3n) is 4.22. The highest BCUT2D eigenvalue weighted by Crippen LogP contribution is 2.35. The Balaban J connectivity index is 2.26. The van der Waals surface area contributed by atoms with E-state index in [0.29, 0.717) is 34.1 Å². The topological polar surface area (TPSA) is 108 Å². The van der Waals surface area contributed by atoms with Gasteiger partial charge in [0.05, 0.1) is 25.3 Å². The van der Waals surface area contributed by atoms with Crippen LogP contribution >= 0.6 is 23.5 Å². The van der Waals surface area contributed by atoms with Gasteiger partial charge >= 0.3 is 0 Å². The molecule has 0 bridgehead atoms. The van der Waals surface area contributed by atoms with Crippen molar-refractivity contribution in [1.82, 2.24) is 5.32 Å². The van der Waals surface area contributed by atoms with Crippen molar-refractivity contribution in [2.45, 2.75) is 17.4 Å². The minimum atomic E-state index is -0.780. The first-order chi connectivity index (χ1) is 14.4. The number of hydrogen-bond acceptors (Lipinski definition) is 7. The summed E-state index contributed by atoms with van der Waals surface area (Å²) in [5.41, 5.74) is 6.02. The van der Waals surface area contributed by atoms with Gasteiger partial charge in [-0.25, -0.2) is 0 Å². The maximum absolute atomic E-state index is 12.9. The van der Waals surface area contributed by atoms with E-state index in [-0.39, 0.29) is 10.7 Å². The van der Waals surface area contributed by atoms with E-state index >= 15 is 0 Å².